The topological polar surface area (TPSA) is 48.0 Å². The highest BCUT2D eigenvalue weighted by Crippen LogP contribution is 2.25. The van der Waals surface area contributed by atoms with E-state index in [0.29, 0.717) is 19.8 Å². The summed E-state index contributed by atoms with van der Waals surface area (Å²) in [5.74, 6) is 0. The third-order valence-electron chi connectivity index (χ3n) is 2.84. The number of ether oxygens (including phenoxy) is 3. The minimum atomic E-state index is -0.473. The normalized spacial score (nSPS) is 29.7. The summed E-state index contributed by atoms with van der Waals surface area (Å²) in [5, 5.41) is 0. The molecule has 2 fully saturated rings. The van der Waals surface area contributed by atoms with Crippen molar-refractivity contribution in [3.63, 3.8) is 0 Å². The first-order chi connectivity index (χ1) is 7.97. The molecule has 0 aliphatic carbocycles. The van der Waals surface area contributed by atoms with Crippen LogP contribution in [-0.4, -0.2) is 48.7 Å². The molecule has 0 aromatic rings. The SMILES string of the molecule is CC(C)(C)OC(=O)N1CCCC2OCCOC21. The molecule has 0 radical (unpaired) electrons. The van der Waals surface area contributed by atoms with E-state index in [0.717, 1.165) is 12.8 Å². The third-order valence-corrected chi connectivity index (χ3v) is 2.84. The number of fused-ring (bicyclic) bond motifs is 1. The molecule has 5 heteroatoms. The lowest BCUT2D eigenvalue weighted by Crippen LogP contribution is -2.56. The molecule has 0 aromatic heterocycles. The lowest BCUT2D eigenvalue weighted by atomic mass is 10.1. The number of piperidine rings is 1. The van der Waals surface area contributed by atoms with Gasteiger partial charge in [0, 0.05) is 6.54 Å². The van der Waals surface area contributed by atoms with Crippen LogP contribution in [0.4, 0.5) is 4.79 Å². The highest BCUT2D eigenvalue weighted by atomic mass is 16.6. The summed E-state index contributed by atoms with van der Waals surface area (Å²) in [7, 11) is 0. The van der Waals surface area contributed by atoms with E-state index in [1.54, 1.807) is 4.90 Å². The summed E-state index contributed by atoms with van der Waals surface area (Å²) in [5.41, 5.74) is -0.473. The Morgan fingerprint density at radius 2 is 2.00 bits per heavy atom. The summed E-state index contributed by atoms with van der Waals surface area (Å²) in [6, 6.07) is 0. The molecule has 2 aliphatic heterocycles. The van der Waals surface area contributed by atoms with Crippen molar-refractivity contribution in [2.24, 2.45) is 0 Å². The van der Waals surface area contributed by atoms with Crippen LogP contribution in [0.25, 0.3) is 0 Å². The summed E-state index contributed by atoms with van der Waals surface area (Å²) in [6.45, 7) is 7.43. The van der Waals surface area contributed by atoms with Gasteiger partial charge in [0.25, 0.3) is 0 Å². The minimum absolute atomic E-state index is 0.00465. The second-order valence-corrected chi connectivity index (χ2v) is 5.49. The van der Waals surface area contributed by atoms with Gasteiger partial charge < -0.3 is 14.2 Å². The van der Waals surface area contributed by atoms with Crippen LogP contribution in [-0.2, 0) is 14.2 Å². The smallest absolute Gasteiger partial charge is 0.412 e. The number of nitrogens with zero attached hydrogens (tertiary/aromatic N) is 1. The fraction of sp³-hybridized carbons (Fsp3) is 0.917. The fourth-order valence-electron chi connectivity index (χ4n) is 2.18. The van der Waals surface area contributed by atoms with Crippen LogP contribution in [0.15, 0.2) is 0 Å². The Morgan fingerprint density at radius 1 is 1.29 bits per heavy atom. The number of carbonyl (C=O) groups excluding carboxylic acids is 1. The molecule has 17 heavy (non-hydrogen) atoms. The van der Waals surface area contributed by atoms with Crippen molar-refractivity contribution >= 4 is 6.09 Å². The quantitative estimate of drug-likeness (QED) is 0.650. The summed E-state index contributed by atoms with van der Waals surface area (Å²) in [6.07, 6.45) is 1.31. The van der Waals surface area contributed by atoms with Crippen LogP contribution in [0.1, 0.15) is 33.6 Å². The van der Waals surface area contributed by atoms with Gasteiger partial charge in [-0.2, -0.15) is 0 Å². The Morgan fingerprint density at radius 3 is 2.71 bits per heavy atom. The standard InChI is InChI=1S/C12H21NO4/c1-12(2,3)17-11(14)13-6-4-5-9-10(13)16-8-7-15-9/h9-10H,4-8H2,1-3H3. The average molecular weight is 243 g/mol. The van der Waals surface area contributed by atoms with Crippen molar-refractivity contribution in [3.05, 3.63) is 0 Å². The first-order valence-electron chi connectivity index (χ1n) is 6.20. The molecule has 5 nitrogen and oxygen atoms in total. The van der Waals surface area contributed by atoms with Gasteiger partial charge in [-0.1, -0.05) is 0 Å². The third kappa shape index (κ3) is 3.10. The van der Waals surface area contributed by atoms with Gasteiger partial charge in [0.1, 0.15) is 11.7 Å². The lowest BCUT2D eigenvalue weighted by molar-refractivity contribution is -0.205. The molecule has 2 atom stereocenters. The number of amides is 1. The van der Waals surface area contributed by atoms with E-state index in [4.69, 9.17) is 14.2 Å². The van der Waals surface area contributed by atoms with Crippen LogP contribution in [0.5, 0.6) is 0 Å². The molecule has 0 bridgehead atoms. The van der Waals surface area contributed by atoms with Gasteiger partial charge >= 0.3 is 6.09 Å². The van der Waals surface area contributed by atoms with Gasteiger partial charge in [0.15, 0.2) is 6.23 Å². The molecule has 2 aliphatic rings. The van der Waals surface area contributed by atoms with Crippen LogP contribution >= 0.6 is 0 Å². The van der Waals surface area contributed by atoms with Crippen LogP contribution in [0, 0.1) is 0 Å². The maximum Gasteiger partial charge on any atom is 0.412 e. The molecule has 0 N–H and O–H groups in total. The van der Waals surface area contributed by atoms with E-state index in [9.17, 15) is 4.79 Å². The van der Waals surface area contributed by atoms with E-state index in [2.05, 4.69) is 0 Å². The monoisotopic (exact) mass is 243 g/mol. The van der Waals surface area contributed by atoms with Crippen molar-refractivity contribution in [1.29, 1.82) is 0 Å². The molecule has 2 unspecified atom stereocenters. The van der Waals surface area contributed by atoms with Gasteiger partial charge in [-0.15, -0.1) is 0 Å². The minimum Gasteiger partial charge on any atom is -0.444 e. The lowest BCUT2D eigenvalue weighted by Gasteiger charge is -2.43. The highest BCUT2D eigenvalue weighted by molar-refractivity contribution is 5.68. The van der Waals surface area contributed by atoms with Gasteiger partial charge in [-0.3, -0.25) is 4.90 Å². The molecule has 1 amide bonds. The van der Waals surface area contributed by atoms with E-state index < -0.39 is 5.60 Å². The van der Waals surface area contributed by atoms with Crippen LogP contribution in [0.3, 0.4) is 0 Å². The van der Waals surface area contributed by atoms with Crippen molar-refractivity contribution < 1.29 is 19.0 Å². The fourth-order valence-corrected chi connectivity index (χ4v) is 2.18. The Bertz CT molecular complexity index is 285. The van der Waals surface area contributed by atoms with Gasteiger partial charge in [-0.05, 0) is 33.6 Å². The first kappa shape index (κ1) is 12.6. The number of hydrogen-bond donors (Lipinski definition) is 0. The largest absolute Gasteiger partial charge is 0.444 e. The summed E-state index contributed by atoms with van der Waals surface area (Å²) < 4.78 is 16.6. The first-order valence-corrected chi connectivity index (χ1v) is 6.20. The molecule has 2 heterocycles. The summed E-state index contributed by atoms with van der Waals surface area (Å²) >= 11 is 0. The second-order valence-electron chi connectivity index (χ2n) is 5.49. The second kappa shape index (κ2) is 4.82. The summed E-state index contributed by atoms with van der Waals surface area (Å²) in [4.78, 5) is 13.7. The van der Waals surface area contributed by atoms with E-state index in [1.165, 1.54) is 0 Å². The molecular weight excluding hydrogens is 222 g/mol. The Kier molecular flexibility index (Phi) is 3.58. The number of rotatable bonds is 0. The van der Waals surface area contributed by atoms with Crippen molar-refractivity contribution in [2.45, 2.75) is 51.5 Å². The predicted octanol–water partition coefficient (Wildman–Crippen LogP) is 1.76. The average Bonchev–Trinajstić information content (AvgIpc) is 2.26. The van der Waals surface area contributed by atoms with Crippen LogP contribution in [0.2, 0.25) is 0 Å². The Balaban J connectivity index is 2.01. The Labute approximate surface area is 102 Å². The molecule has 0 aromatic carbocycles. The highest BCUT2D eigenvalue weighted by Gasteiger charge is 2.39. The maximum atomic E-state index is 12.0. The predicted molar refractivity (Wildman–Crippen MR) is 61.7 cm³/mol. The zero-order valence-electron chi connectivity index (χ0n) is 10.8. The molecule has 2 saturated heterocycles. The van der Waals surface area contributed by atoms with Gasteiger partial charge in [0.2, 0.25) is 0 Å². The van der Waals surface area contributed by atoms with Gasteiger partial charge in [0.05, 0.1) is 13.2 Å². The van der Waals surface area contributed by atoms with Crippen molar-refractivity contribution in [2.75, 3.05) is 19.8 Å². The van der Waals surface area contributed by atoms with Gasteiger partial charge in [-0.25, -0.2) is 4.79 Å². The Hall–Kier alpha value is -0.810. The zero-order chi connectivity index (χ0) is 12.5. The van der Waals surface area contributed by atoms with Crippen molar-refractivity contribution in [3.8, 4) is 0 Å². The number of hydrogen-bond acceptors (Lipinski definition) is 4. The zero-order valence-corrected chi connectivity index (χ0v) is 10.8. The maximum absolute atomic E-state index is 12.0. The molecule has 98 valence electrons. The van der Waals surface area contributed by atoms with Crippen molar-refractivity contribution in [1.82, 2.24) is 4.90 Å². The van der Waals surface area contributed by atoms with Crippen LogP contribution < -0.4 is 0 Å². The number of likely N-dealkylation sites (tertiary alicyclic amines) is 1. The molecule has 2 rings (SSSR count). The number of carbonyl (C=O) groups is 1. The van der Waals surface area contributed by atoms with E-state index in [-0.39, 0.29) is 18.4 Å². The molecule has 0 spiro atoms. The van der Waals surface area contributed by atoms with E-state index in [1.807, 2.05) is 20.8 Å². The van der Waals surface area contributed by atoms with E-state index >= 15 is 0 Å². The molecule has 0 saturated carbocycles. The molecular formula is C12H21NO4.